The lowest BCUT2D eigenvalue weighted by atomic mass is 10.1. The smallest absolute Gasteiger partial charge is 0.407 e. The van der Waals surface area contributed by atoms with Gasteiger partial charge in [0, 0.05) is 30.8 Å². The highest BCUT2D eigenvalue weighted by atomic mass is 16.5. The number of ether oxygens (including phenoxy) is 1. The van der Waals surface area contributed by atoms with Crippen LogP contribution in [0.15, 0.2) is 54.6 Å². The van der Waals surface area contributed by atoms with Crippen molar-refractivity contribution in [2.75, 3.05) is 4.90 Å². The molecule has 0 bridgehead atoms. The van der Waals surface area contributed by atoms with Gasteiger partial charge in [0.1, 0.15) is 12.6 Å². The topological polar surface area (TPSA) is 320 Å². The van der Waals surface area contributed by atoms with Gasteiger partial charge in [-0.3, -0.25) is 31.5 Å². The molecule has 246 valence electrons. The first-order valence-corrected chi connectivity index (χ1v) is 13.4. The molecule has 0 radical (unpaired) electrons. The van der Waals surface area contributed by atoms with Crippen molar-refractivity contribution in [3.63, 3.8) is 0 Å². The molecule has 0 spiro atoms. The highest BCUT2D eigenvalue weighted by Gasteiger charge is 2.34. The first-order valence-electron chi connectivity index (χ1n) is 13.4. The van der Waals surface area contributed by atoms with Crippen LogP contribution in [-0.4, -0.2) is 65.7 Å². The van der Waals surface area contributed by atoms with Gasteiger partial charge in [-0.05, 0) is 30.5 Å². The Morgan fingerprint density at radius 1 is 1.04 bits per heavy atom. The van der Waals surface area contributed by atoms with Gasteiger partial charge in [-0.25, -0.2) is 9.59 Å². The zero-order valence-corrected chi connectivity index (χ0v) is 24.8. The van der Waals surface area contributed by atoms with E-state index in [2.05, 4.69) is 33.8 Å². The number of hydrogen-bond donors (Lipinski definition) is 10. The molecular weight excluding hydrogens is 588 g/mol. The minimum absolute atomic E-state index is 0.0582. The number of carbonyl (C=O) groups is 5. The van der Waals surface area contributed by atoms with Crippen LogP contribution < -0.4 is 44.4 Å². The maximum Gasteiger partial charge on any atom is 0.407 e. The number of fused-ring (bicyclic) bond motifs is 1. The molecule has 17 heteroatoms. The lowest BCUT2D eigenvalue weighted by Gasteiger charge is -2.22. The molecule has 0 saturated heterocycles. The molecule has 15 N–H and O–H groups in total. The number of nitrogens with one attached hydrogen (secondary N) is 4. The van der Waals surface area contributed by atoms with Crippen LogP contribution in [-0.2, 0) is 32.1 Å². The number of amides is 5. The first kappa shape index (κ1) is 39.5. The van der Waals surface area contributed by atoms with E-state index in [0.717, 1.165) is 17.3 Å². The van der Waals surface area contributed by atoms with Gasteiger partial charge in [-0.15, -0.1) is 0 Å². The van der Waals surface area contributed by atoms with Crippen molar-refractivity contribution in [3.8, 4) is 0 Å². The van der Waals surface area contributed by atoms with Crippen molar-refractivity contribution in [2.45, 2.75) is 57.3 Å². The molecule has 0 aliphatic carbocycles. The minimum Gasteiger partial charge on any atom is -0.481 e. The summed E-state index contributed by atoms with van der Waals surface area (Å²) in [5, 5.41) is 28.1. The van der Waals surface area contributed by atoms with Crippen LogP contribution in [0.1, 0.15) is 37.3 Å². The second-order valence-corrected chi connectivity index (χ2v) is 9.31. The van der Waals surface area contributed by atoms with E-state index in [1.807, 2.05) is 49.4 Å². The molecule has 17 nitrogen and oxygen atoms in total. The Labute approximate surface area is 260 Å². The number of aliphatic carboxylic acids is 1. The van der Waals surface area contributed by atoms with Crippen molar-refractivity contribution in [1.82, 2.24) is 10.6 Å². The summed E-state index contributed by atoms with van der Waals surface area (Å²) in [4.78, 5) is 55.9. The Balaban J connectivity index is 0.000000739. The molecule has 2 aromatic rings. The second kappa shape index (κ2) is 22.1. The third-order valence-electron chi connectivity index (χ3n) is 5.78. The van der Waals surface area contributed by atoms with Gasteiger partial charge in [-0.1, -0.05) is 48.5 Å². The van der Waals surface area contributed by atoms with Crippen LogP contribution in [0, 0.1) is 10.8 Å². The molecule has 1 heterocycles. The number of rotatable bonds is 12. The monoisotopic (exact) mass is 630 g/mol. The summed E-state index contributed by atoms with van der Waals surface area (Å²) in [6, 6.07) is 14.2. The standard InChI is InChI=1S/C14H15N3O4.C13H19N3O2.CH4N2O.H4N2/c15-7-10(6-13(19)20)16-14(21)12-5-9-3-1-2-4-11(9)17(12)8-18;1-10(7-8-12(14)15)16-13(17)18-9-11-5-3-2-4-6-11;2-1(3)4;1-2/h1-4,7-8,10,12,15H,5-6H2,(H,16,21)(H,19,20);2-6,10H,7-9H2,1H3,(H3,14,15)(H,16,17);(H4,2,3,4);1-2H2. The van der Waals surface area contributed by atoms with E-state index < -0.39 is 36.1 Å². The van der Waals surface area contributed by atoms with Crippen molar-refractivity contribution in [3.05, 3.63) is 65.7 Å². The van der Waals surface area contributed by atoms with E-state index in [-0.39, 0.29) is 24.9 Å². The number of amidine groups is 1. The van der Waals surface area contributed by atoms with Crippen LogP contribution in [0.4, 0.5) is 15.3 Å². The fraction of sp³-hybridized carbons (Fsp3) is 0.321. The van der Waals surface area contributed by atoms with Crippen LogP contribution in [0.3, 0.4) is 0 Å². The highest BCUT2D eigenvalue weighted by molar-refractivity contribution is 5.96. The summed E-state index contributed by atoms with van der Waals surface area (Å²) < 4.78 is 5.07. The normalized spacial score (nSPS) is 13.6. The predicted octanol–water partition coefficient (Wildman–Crippen LogP) is 0.0432. The van der Waals surface area contributed by atoms with Crippen LogP contribution in [0.5, 0.6) is 0 Å². The highest BCUT2D eigenvalue weighted by Crippen LogP contribution is 2.30. The maximum absolute atomic E-state index is 12.2. The van der Waals surface area contributed by atoms with Crippen molar-refractivity contribution in [2.24, 2.45) is 28.9 Å². The summed E-state index contributed by atoms with van der Waals surface area (Å²) >= 11 is 0. The summed E-state index contributed by atoms with van der Waals surface area (Å²) in [5.41, 5.74) is 16.3. The number of nitrogens with zero attached hydrogens (tertiary/aromatic N) is 1. The Morgan fingerprint density at radius 2 is 1.62 bits per heavy atom. The lowest BCUT2D eigenvalue weighted by Crippen LogP contribution is -2.49. The Bertz CT molecular complexity index is 1260. The number of carboxylic acid groups (broad SMARTS) is 1. The molecule has 5 amide bonds. The van der Waals surface area contributed by atoms with E-state index in [1.165, 1.54) is 4.90 Å². The van der Waals surface area contributed by atoms with E-state index in [1.54, 1.807) is 12.1 Å². The molecule has 45 heavy (non-hydrogen) atoms. The fourth-order valence-electron chi connectivity index (χ4n) is 3.79. The largest absolute Gasteiger partial charge is 0.481 e. The van der Waals surface area contributed by atoms with E-state index in [0.29, 0.717) is 31.4 Å². The number of hydrazine groups is 1. The van der Waals surface area contributed by atoms with Crippen LogP contribution in [0.25, 0.3) is 0 Å². The van der Waals surface area contributed by atoms with E-state index in [9.17, 15) is 19.2 Å². The van der Waals surface area contributed by atoms with Gasteiger partial charge in [0.05, 0.1) is 18.3 Å². The first-order chi connectivity index (χ1) is 21.4. The number of primary amides is 2. The van der Waals surface area contributed by atoms with Crippen molar-refractivity contribution in [1.29, 1.82) is 10.8 Å². The lowest BCUT2D eigenvalue weighted by molar-refractivity contribution is -0.137. The molecule has 0 saturated carbocycles. The molecule has 1 aliphatic heterocycles. The minimum atomic E-state index is -1.11. The number of nitrogens with two attached hydrogens (primary N) is 5. The zero-order valence-electron chi connectivity index (χ0n) is 24.8. The van der Waals surface area contributed by atoms with Crippen LogP contribution in [0.2, 0.25) is 0 Å². The molecule has 1 aliphatic rings. The molecule has 2 aromatic carbocycles. The number of carbonyl (C=O) groups excluding carboxylic acids is 4. The SMILES string of the molecule is CC(CCC(=N)N)NC(=O)OCc1ccccc1.N=CC(CC(=O)O)NC(=O)C1Cc2ccccc2N1C=O.NC(N)=O.NN. The second-order valence-electron chi connectivity index (χ2n) is 9.31. The van der Waals surface area contributed by atoms with Gasteiger partial charge in [0.15, 0.2) is 0 Å². The zero-order chi connectivity index (χ0) is 34.4. The quantitative estimate of drug-likeness (QED) is 0.0493. The Kier molecular flexibility index (Phi) is 19.3. The molecule has 0 fully saturated rings. The number of hydrogen-bond acceptors (Lipinski definition) is 10. The summed E-state index contributed by atoms with van der Waals surface area (Å²) in [6.07, 6.45) is 2.13. The summed E-state index contributed by atoms with van der Waals surface area (Å²) in [6.45, 7) is 2.11. The molecule has 3 atom stereocenters. The number of para-hydroxylation sites is 1. The van der Waals surface area contributed by atoms with Crippen LogP contribution >= 0.6 is 0 Å². The predicted molar refractivity (Wildman–Crippen MR) is 168 cm³/mol. The Hall–Kier alpha value is -5.55. The fourth-order valence-corrected chi connectivity index (χ4v) is 3.79. The number of urea groups is 1. The Morgan fingerprint density at radius 3 is 2.16 bits per heavy atom. The van der Waals surface area contributed by atoms with E-state index >= 15 is 0 Å². The van der Waals surface area contributed by atoms with Gasteiger partial charge < -0.3 is 48.0 Å². The van der Waals surface area contributed by atoms with Crippen molar-refractivity contribution >= 4 is 48.1 Å². The molecule has 3 unspecified atom stereocenters. The van der Waals surface area contributed by atoms with Gasteiger partial charge in [0.25, 0.3) is 0 Å². The molecule has 0 aromatic heterocycles. The average Bonchev–Trinajstić information content (AvgIpc) is 3.39. The van der Waals surface area contributed by atoms with E-state index in [4.69, 9.17) is 31.2 Å². The number of carboxylic acids is 1. The van der Waals surface area contributed by atoms with Gasteiger partial charge in [0.2, 0.25) is 12.3 Å². The third-order valence-corrected chi connectivity index (χ3v) is 5.78. The van der Waals surface area contributed by atoms with Crippen molar-refractivity contribution < 1.29 is 33.8 Å². The summed E-state index contributed by atoms with van der Waals surface area (Å²) in [7, 11) is 0. The number of benzene rings is 2. The number of alkyl carbamates (subject to hydrolysis) is 1. The maximum atomic E-state index is 12.2. The molecular formula is C28H42N10O7. The molecule has 3 rings (SSSR count). The summed E-state index contributed by atoms with van der Waals surface area (Å²) in [5.74, 6) is 6.56. The van der Waals surface area contributed by atoms with Gasteiger partial charge >= 0.3 is 18.1 Å². The average molecular weight is 631 g/mol. The number of anilines is 1. The third kappa shape index (κ3) is 16.6. The van der Waals surface area contributed by atoms with Gasteiger partial charge in [-0.2, -0.15) is 0 Å².